The summed E-state index contributed by atoms with van der Waals surface area (Å²) in [4.78, 5) is 25.8. The van der Waals surface area contributed by atoms with Crippen LogP contribution in [0.4, 0.5) is 0 Å². The average molecular weight is 501 g/mol. The average Bonchev–Trinajstić information content (AvgIpc) is 3.22. The van der Waals surface area contributed by atoms with Gasteiger partial charge in [0.25, 0.3) is 0 Å². The molecule has 0 bridgehead atoms. The van der Waals surface area contributed by atoms with Crippen molar-refractivity contribution < 1.29 is 38.0 Å². The van der Waals surface area contributed by atoms with Crippen LogP contribution in [0.1, 0.15) is 33.2 Å². The van der Waals surface area contributed by atoms with Gasteiger partial charge in [-0.2, -0.15) is 0 Å². The fourth-order valence-electron chi connectivity index (χ4n) is 4.17. The van der Waals surface area contributed by atoms with Gasteiger partial charge in [0.15, 0.2) is 17.3 Å². The quantitative estimate of drug-likeness (QED) is 0.257. The summed E-state index contributed by atoms with van der Waals surface area (Å²) in [5.41, 5.74) is 2.32. The van der Waals surface area contributed by atoms with Gasteiger partial charge in [-0.1, -0.05) is 18.2 Å². The highest BCUT2D eigenvalue weighted by molar-refractivity contribution is 6.12. The molecule has 0 aromatic heterocycles. The second-order valence-corrected chi connectivity index (χ2v) is 8.34. The van der Waals surface area contributed by atoms with Crippen LogP contribution in [0.3, 0.4) is 0 Å². The lowest BCUT2D eigenvalue weighted by Crippen LogP contribution is -2.18. The Bertz CT molecular complexity index is 1440. The van der Waals surface area contributed by atoms with Crippen molar-refractivity contribution in [2.45, 2.75) is 13.0 Å². The Morgan fingerprint density at radius 3 is 2.35 bits per heavy atom. The van der Waals surface area contributed by atoms with Gasteiger partial charge < -0.3 is 28.4 Å². The molecule has 0 fully saturated rings. The van der Waals surface area contributed by atoms with Gasteiger partial charge in [0.1, 0.15) is 23.4 Å². The van der Waals surface area contributed by atoms with E-state index in [0.717, 1.165) is 16.9 Å². The van der Waals surface area contributed by atoms with Crippen molar-refractivity contribution in [2.24, 2.45) is 0 Å². The van der Waals surface area contributed by atoms with Crippen LogP contribution in [0, 0.1) is 0 Å². The monoisotopic (exact) mass is 500 g/mol. The van der Waals surface area contributed by atoms with E-state index < -0.39 is 5.97 Å². The van der Waals surface area contributed by atoms with Crippen LogP contribution in [-0.4, -0.2) is 39.2 Å². The molecule has 0 spiro atoms. The lowest BCUT2D eigenvalue weighted by Gasteiger charge is -2.22. The molecule has 0 amide bonds. The zero-order valence-corrected chi connectivity index (χ0v) is 20.7. The SMILES string of the molecule is COc1cc(C(=O)Oc2ccc3c(c2)O/C(=C\C2=Cc4ccccc4O[C@@H]2C)C3=O)cc(OC)c1OC. The molecule has 2 aliphatic heterocycles. The lowest BCUT2D eigenvalue weighted by molar-refractivity contribution is 0.0733. The Hall–Kier alpha value is -4.72. The van der Waals surface area contributed by atoms with Crippen molar-refractivity contribution in [3.8, 4) is 34.5 Å². The van der Waals surface area contributed by atoms with Gasteiger partial charge in [-0.3, -0.25) is 4.79 Å². The molecule has 0 saturated carbocycles. The summed E-state index contributed by atoms with van der Waals surface area (Å²) in [5.74, 6) is 1.59. The van der Waals surface area contributed by atoms with Crippen LogP contribution < -0.4 is 28.4 Å². The fraction of sp³-hybridized carbons (Fsp3) is 0.172. The lowest BCUT2D eigenvalue weighted by atomic mass is 10.0. The molecule has 3 aromatic rings. The second-order valence-electron chi connectivity index (χ2n) is 8.34. The number of ether oxygens (including phenoxy) is 6. The van der Waals surface area contributed by atoms with Gasteiger partial charge in [0.05, 0.1) is 32.5 Å². The van der Waals surface area contributed by atoms with Crippen LogP contribution in [0.5, 0.6) is 34.5 Å². The first-order valence-electron chi connectivity index (χ1n) is 11.5. The number of carbonyl (C=O) groups is 2. The Balaban J connectivity index is 1.37. The molecule has 5 rings (SSSR count). The number of benzene rings is 3. The van der Waals surface area contributed by atoms with E-state index in [1.54, 1.807) is 18.2 Å². The van der Waals surface area contributed by atoms with Crippen molar-refractivity contribution in [1.82, 2.24) is 0 Å². The van der Waals surface area contributed by atoms with Crippen LogP contribution >= 0.6 is 0 Å². The van der Waals surface area contributed by atoms with E-state index in [0.29, 0.717) is 28.6 Å². The number of ketones is 1. The molecule has 2 aliphatic rings. The van der Waals surface area contributed by atoms with E-state index in [9.17, 15) is 9.59 Å². The maximum atomic E-state index is 13.0. The number of Topliss-reactive ketones (excluding diaryl/α,β-unsaturated/α-hetero) is 1. The summed E-state index contributed by atoms with van der Waals surface area (Å²) in [6.07, 6.45) is 3.41. The number of fused-ring (bicyclic) bond motifs is 2. The number of hydrogen-bond donors (Lipinski definition) is 0. The van der Waals surface area contributed by atoms with Gasteiger partial charge in [0.2, 0.25) is 11.5 Å². The number of esters is 1. The Morgan fingerprint density at radius 1 is 0.919 bits per heavy atom. The third-order valence-electron chi connectivity index (χ3n) is 6.06. The molecule has 0 saturated heterocycles. The van der Waals surface area contributed by atoms with Crippen molar-refractivity contribution in [1.29, 1.82) is 0 Å². The van der Waals surface area contributed by atoms with Gasteiger partial charge in [-0.15, -0.1) is 0 Å². The predicted octanol–water partition coefficient (Wildman–Crippen LogP) is 5.26. The third kappa shape index (κ3) is 4.49. The minimum Gasteiger partial charge on any atom is -0.493 e. The number of para-hydroxylation sites is 1. The second kappa shape index (κ2) is 9.73. The van der Waals surface area contributed by atoms with Crippen molar-refractivity contribution in [2.75, 3.05) is 21.3 Å². The van der Waals surface area contributed by atoms with Crippen LogP contribution in [0.25, 0.3) is 6.08 Å². The molecule has 0 aliphatic carbocycles. The Morgan fingerprint density at radius 2 is 1.65 bits per heavy atom. The fourth-order valence-corrected chi connectivity index (χ4v) is 4.17. The summed E-state index contributed by atoms with van der Waals surface area (Å²) in [6.45, 7) is 1.91. The number of rotatable bonds is 6. The van der Waals surface area contributed by atoms with Gasteiger partial charge >= 0.3 is 5.97 Å². The van der Waals surface area contributed by atoms with Crippen molar-refractivity contribution >= 4 is 17.8 Å². The molecule has 188 valence electrons. The molecule has 0 radical (unpaired) electrons. The van der Waals surface area contributed by atoms with Gasteiger partial charge in [-0.25, -0.2) is 4.79 Å². The van der Waals surface area contributed by atoms with E-state index in [1.807, 2.05) is 37.3 Å². The highest BCUT2D eigenvalue weighted by Gasteiger charge is 2.30. The summed E-state index contributed by atoms with van der Waals surface area (Å²) in [5, 5.41) is 0. The number of carbonyl (C=O) groups excluding carboxylic acids is 2. The summed E-state index contributed by atoms with van der Waals surface area (Å²) in [6, 6.07) is 15.3. The Labute approximate surface area is 213 Å². The first-order valence-corrected chi connectivity index (χ1v) is 11.5. The normalized spacial score (nSPS) is 16.6. The Kier molecular flexibility index (Phi) is 6.31. The molecule has 37 heavy (non-hydrogen) atoms. The van der Waals surface area contributed by atoms with E-state index in [1.165, 1.54) is 39.5 Å². The maximum absolute atomic E-state index is 13.0. The molecule has 2 heterocycles. The van der Waals surface area contributed by atoms with E-state index in [2.05, 4.69) is 0 Å². The number of allylic oxidation sites excluding steroid dienone is 1. The minimum absolute atomic E-state index is 0.171. The van der Waals surface area contributed by atoms with Crippen LogP contribution in [-0.2, 0) is 0 Å². The largest absolute Gasteiger partial charge is 0.493 e. The first-order chi connectivity index (χ1) is 17.9. The van der Waals surface area contributed by atoms with Crippen LogP contribution in [0.15, 0.2) is 72.0 Å². The molecule has 8 nitrogen and oxygen atoms in total. The molecule has 3 aromatic carbocycles. The molecular formula is C29H24O8. The molecule has 8 heteroatoms. The molecule has 0 N–H and O–H groups in total. The first kappa shape index (κ1) is 24.0. The predicted molar refractivity (Wildman–Crippen MR) is 135 cm³/mol. The van der Waals surface area contributed by atoms with Gasteiger partial charge in [0, 0.05) is 11.6 Å². The summed E-state index contributed by atoms with van der Waals surface area (Å²) >= 11 is 0. The number of methoxy groups -OCH3 is 3. The molecular weight excluding hydrogens is 476 g/mol. The smallest absolute Gasteiger partial charge is 0.343 e. The van der Waals surface area contributed by atoms with Crippen molar-refractivity contribution in [3.63, 3.8) is 0 Å². The highest BCUT2D eigenvalue weighted by Crippen LogP contribution is 2.39. The van der Waals surface area contributed by atoms with Gasteiger partial charge in [-0.05, 0) is 55.0 Å². The molecule has 0 unspecified atom stereocenters. The minimum atomic E-state index is -0.642. The summed E-state index contributed by atoms with van der Waals surface area (Å²) in [7, 11) is 4.40. The molecule has 1 atom stereocenters. The van der Waals surface area contributed by atoms with Crippen LogP contribution in [0.2, 0.25) is 0 Å². The topological polar surface area (TPSA) is 89.5 Å². The third-order valence-corrected chi connectivity index (χ3v) is 6.06. The number of hydrogen-bond acceptors (Lipinski definition) is 8. The van der Waals surface area contributed by atoms with E-state index in [4.69, 9.17) is 28.4 Å². The zero-order valence-electron chi connectivity index (χ0n) is 20.7. The maximum Gasteiger partial charge on any atom is 0.343 e. The van der Waals surface area contributed by atoms with E-state index >= 15 is 0 Å². The highest BCUT2D eigenvalue weighted by atomic mass is 16.5. The summed E-state index contributed by atoms with van der Waals surface area (Å²) < 4.78 is 33.3. The van der Waals surface area contributed by atoms with E-state index in [-0.39, 0.29) is 29.0 Å². The zero-order chi connectivity index (χ0) is 26.1. The van der Waals surface area contributed by atoms with Crippen molar-refractivity contribution in [3.05, 3.63) is 88.7 Å². The standard InChI is InChI=1S/C29H24O8/c1-16-18(11-17-7-5-6-8-22(17)35-16)12-24-27(30)21-10-9-20(15-23(21)37-24)36-29(31)19-13-25(32-2)28(34-4)26(14-19)33-3/h5-16H,1-4H3/b24-12-/t16-/m1/s1.